The maximum Gasteiger partial charge on any atom is 0.407 e. The lowest BCUT2D eigenvalue weighted by molar-refractivity contribution is 0.0463. The fraction of sp³-hybridized carbons (Fsp3) is 0.588. The zero-order chi connectivity index (χ0) is 15.7. The Labute approximate surface area is 136 Å². The van der Waals surface area contributed by atoms with Crippen LogP contribution in [0.1, 0.15) is 45.2 Å². The number of amides is 1. The Morgan fingerprint density at radius 1 is 1.23 bits per heavy atom. The van der Waals surface area contributed by atoms with Crippen LogP contribution in [0.15, 0.2) is 29.2 Å². The maximum atomic E-state index is 11.7. The molecule has 1 aromatic carbocycles. The number of hydrogen-bond donors (Lipinski definition) is 2. The van der Waals surface area contributed by atoms with Crippen LogP contribution in [0, 0.1) is 0 Å². The van der Waals surface area contributed by atoms with Gasteiger partial charge in [0.25, 0.3) is 0 Å². The van der Waals surface area contributed by atoms with E-state index >= 15 is 0 Å². The monoisotopic (exact) mass is 320 g/mol. The van der Waals surface area contributed by atoms with Crippen molar-refractivity contribution in [3.05, 3.63) is 29.8 Å². The SMILES string of the molecule is CC(C)(C)OC(=O)NC1CC(NC2CSc3ccccc32)C1. The highest BCUT2D eigenvalue weighted by atomic mass is 32.2. The molecule has 1 fully saturated rings. The van der Waals surface area contributed by atoms with Gasteiger partial charge in [0.1, 0.15) is 5.60 Å². The molecule has 0 aromatic heterocycles. The van der Waals surface area contributed by atoms with E-state index in [1.54, 1.807) is 0 Å². The predicted octanol–water partition coefficient (Wildman–Crippen LogP) is 3.48. The van der Waals surface area contributed by atoms with Crippen LogP contribution in [0.5, 0.6) is 0 Å². The fourth-order valence-corrected chi connectivity index (χ4v) is 4.10. The number of nitrogens with one attached hydrogen (secondary N) is 2. The molecular formula is C17H24N2O2S. The highest BCUT2D eigenvalue weighted by Gasteiger charge is 2.34. The number of carbonyl (C=O) groups excluding carboxylic acids is 1. The van der Waals surface area contributed by atoms with Crippen molar-refractivity contribution in [2.24, 2.45) is 0 Å². The number of fused-ring (bicyclic) bond motifs is 1. The van der Waals surface area contributed by atoms with E-state index in [1.807, 2.05) is 32.5 Å². The highest BCUT2D eigenvalue weighted by molar-refractivity contribution is 7.99. The van der Waals surface area contributed by atoms with Crippen LogP contribution >= 0.6 is 11.8 Å². The summed E-state index contributed by atoms with van der Waals surface area (Å²) in [6.45, 7) is 5.65. The minimum atomic E-state index is -0.434. The van der Waals surface area contributed by atoms with Gasteiger partial charge in [-0.05, 0) is 45.2 Å². The maximum absolute atomic E-state index is 11.7. The van der Waals surface area contributed by atoms with Crippen molar-refractivity contribution < 1.29 is 9.53 Å². The number of hydrogen-bond acceptors (Lipinski definition) is 4. The van der Waals surface area contributed by atoms with E-state index in [1.165, 1.54) is 10.5 Å². The van der Waals surface area contributed by atoms with E-state index in [0.717, 1.165) is 18.6 Å². The third-order valence-electron chi connectivity index (χ3n) is 4.00. The van der Waals surface area contributed by atoms with E-state index in [4.69, 9.17) is 4.74 Å². The molecule has 1 aliphatic heterocycles. The first-order valence-corrected chi connectivity index (χ1v) is 8.86. The van der Waals surface area contributed by atoms with Gasteiger partial charge in [-0.3, -0.25) is 0 Å². The predicted molar refractivity (Wildman–Crippen MR) is 89.2 cm³/mol. The molecule has 0 radical (unpaired) electrons. The van der Waals surface area contributed by atoms with Crippen molar-refractivity contribution in [3.63, 3.8) is 0 Å². The molecule has 0 saturated heterocycles. The average Bonchev–Trinajstić information content (AvgIpc) is 2.77. The van der Waals surface area contributed by atoms with Gasteiger partial charge in [-0.2, -0.15) is 0 Å². The van der Waals surface area contributed by atoms with Crippen LogP contribution in [0.25, 0.3) is 0 Å². The molecule has 5 heteroatoms. The molecule has 1 atom stereocenters. The second kappa shape index (κ2) is 6.13. The first-order valence-electron chi connectivity index (χ1n) is 7.88. The van der Waals surface area contributed by atoms with E-state index in [-0.39, 0.29) is 12.1 Å². The molecule has 3 rings (SSSR count). The third kappa shape index (κ3) is 3.76. The molecule has 1 amide bonds. The number of ether oxygens (including phenoxy) is 1. The minimum Gasteiger partial charge on any atom is -0.444 e. The first kappa shape index (κ1) is 15.7. The van der Waals surface area contributed by atoms with E-state index in [2.05, 4.69) is 34.9 Å². The van der Waals surface area contributed by atoms with Crippen molar-refractivity contribution >= 4 is 17.9 Å². The lowest BCUT2D eigenvalue weighted by atomic mass is 9.86. The quantitative estimate of drug-likeness (QED) is 0.895. The summed E-state index contributed by atoms with van der Waals surface area (Å²) in [5, 5.41) is 6.65. The summed E-state index contributed by atoms with van der Waals surface area (Å²) in [5.74, 6) is 1.10. The van der Waals surface area contributed by atoms with Gasteiger partial charge in [0.2, 0.25) is 0 Å². The standard InChI is InChI=1S/C17H24N2O2S/c1-17(2,3)21-16(20)19-12-8-11(9-12)18-14-10-22-15-7-5-4-6-13(14)15/h4-7,11-12,14,18H,8-10H2,1-3H3,(H,19,20). The summed E-state index contributed by atoms with van der Waals surface area (Å²) >= 11 is 1.92. The van der Waals surface area contributed by atoms with Crippen molar-refractivity contribution in [3.8, 4) is 0 Å². The molecule has 1 aromatic rings. The van der Waals surface area contributed by atoms with Gasteiger partial charge in [-0.1, -0.05) is 18.2 Å². The normalized spacial score (nSPS) is 27.0. The topological polar surface area (TPSA) is 50.4 Å². The molecule has 1 heterocycles. The zero-order valence-electron chi connectivity index (χ0n) is 13.4. The first-order chi connectivity index (χ1) is 10.4. The second-order valence-corrected chi connectivity index (χ2v) is 8.14. The van der Waals surface area contributed by atoms with Crippen LogP contribution in [-0.2, 0) is 4.74 Å². The van der Waals surface area contributed by atoms with Gasteiger partial charge < -0.3 is 15.4 Å². The Kier molecular flexibility index (Phi) is 4.37. The molecule has 1 saturated carbocycles. The van der Waals surface area contributed by atoms with Gasteiger partial charge in [0.05, 0.1) is 0 Å². The Morgan fingerprint density at radius 2 is 1.95 bits per heavy atom. The number of carbonyl (C=O) groups is 1. The number of rotatable bonds is 3. The largest absolute Gasteiger partial charge is 0.444 e. The van der Waals surface area contributed by atoms with Gasteiger partial charge in [0, 0.05) is 28.8 Å². The van der Waals surface area contributed by atoms with Crippen LogP contribution in [0.4, 0.5) is 4.79 Å². The zero-order valence-corrected chi connectivity index (χ0v) is 14.2. The third-order valence-corrected chi connectivity index (χ3v) is 5.18. The Balaban J connectivity index is 1.42. The minimum absolute atomic E-state index is 0.233. The molecule has 0 bridgehead atoms. The lowest BCUT2D eigenvalue weighted by Crippen LogP contribution is -2.53. The van der Waals surface area contributed by atoms with Gasteiger partial charge >= 0.3 is 6.09 Å². The summed E-state index contributed by atoms with van der Waals surface area (Å²) < 4.78 is 5.29. The van der Waals surface area contributed by atoms with Crippen LogP contribution < -0.4 is 10.6 Å². The van der Waals surface area contributed by atoms with Crippen LogP contribution in [0.3, 0.4) is 0 Å². The van der Waals surface area contributed by atoms with E-state index in [0.29, 0.717) is 12.1 Å². The van der Waals surface area contributed by atoms with Crippen LogP contribution in [-0.4, -0.2) is 29.5 Å². The van der Waals surface area contributed by atoms with E-state index < -0.39 is 5.60 Å². The molecule has 2 aliphatic rings. The van der Waals surface area contributed by atoms with Crippen molar-refractivity contribution in [1.29, 1.82) is 0 Å². The summed E-state index contributed by atoms with van der Waals surface area (Å²) in [5.41, 5.74) is 0.979. The molecule has 4 nitrogen and oxygen atoms in total. The Morgan fingerprint density at radius 3 is 2.68 bits per heavy atom. The van der Waals surface area contributed by atoms with E-state index in [9.17, 15) is 4.79 Å². The number of alkyl carbamates (subject to hydrolysis) is 1. The highest BCUT2D eigenvalue weighted by Crippen LogP contribution is 2.39. The molecule has 1 unspecified atom stereocenters. The van der Waals surface area contributed by atoms with Crippen molar-refractivity contribution in [2.45, 2.75) is 62.2 Å². The summed E-state index contributed by atoms with van der Waals surface area (Å²) in [6, 6.07) is 9.75. The Hall–Kier alpha value is -1.20. The average molecular weight is 320 g/mol. The second-order valence-electron chi connectivity index (χ2n) is 7.08. The molecule has 120 valence electrons. The number of benzene rings is 1. The smallest absolute Gasteiger partial charge is 0.407 e. The molecular weight excluding hydrogens is 296 g/mol. The number of thioether (sulfide) groups is 1. The summed E-state index contributed by atoms with van der Waals surface area (Å²) in [4.78, 5) is 13.1. The van der Waals surface area contributed by atoms with Crippen molar-refractivity contribution in [1.82, 2.24) is 10.6 Å². The summed E-state index contributed by atoms with van der Waals surface area (Å²) in [7, 11) is 0. The van der Waals surface area contributed by atoms with Gasteiger partial charge in [0.15, 0.2) is 0 Å². The fourth-order valence-electron chi connectivity index (χ4n) is 2.93. The van der Waals surface area contributed by atoms with Crippen LogP contribution in [0.2, 0.25) is 0 Å². The molecule has 22 heavy (non-hydrogen) atoms. The van der Waals surface area contributed by atoms with Gasteiger partial charge in [-0.15, -0.1) is 11.8 Å². The molecule has 2 N–H and O–H groups in total. The molecule has 0 spiro atoms. The van der Waals surface area contributed by atoms with Gasteiger partial charge in [-0.25, -0.2) is 4.79 Å². The molecule has 1 aliphatic carbocycles. The lowest BCUT2D eigenvalue weighted by Gasteiger charge is -2.38. The summed E-state index contributed by atoms with van der Waals surface area (Å²) in [6.07, 6.45) is 1.64. The van der Waals surface area contributed by atoms with Crippen molar-refractivity contribution in [2.75, 3.05) is 5.75 Å². The Bertz CT molecular complexity index is 550.